The number of nitrogens with two attached hydrogens (primary N) is 1. The number of carbonyl (C=O) groups excluding carboxylic acids is 1. The molecule has 0 radical (unpaired) electrons. The summed E-state index contributed by atoms with van der Waals surface area (Å²) in [4.78, 5) is 16.9. The lowest BCUT2D eigenvalue weighted by Crippen LogP contribution is -2.37. The van der Waals surface area contributed by atoms with Crippen LogP contribution in [0.3, 0.4) is 0 Å². The number of anilines is 1. The fraction of sp³-hybridized carbons (Fsp3) is 0.273. The molecule has 3 aromatic rings. The van der Waals surface area contributed by atoms with Crippen LogP contribution < -0.4 is 11.1 Å². The summed E-state index contributed by atoms with van der Waals surface area (Å²) in [7, 11) is 0. The van der Waals surface area contributed by atoms with Crippen LogP contribution in [0.25, 0.3) is 0 Å². The number of hydrogen-bond donors (Lipinski definition) is 2. The van der Waals surface area contributed by atoms with Gasteiger partial charge >= 0.3 is 0 Å². The molecule has 156 valence electrons. The first-order valence-electron chi connectivity index (χ1n) is 9.23. The molecule has 1 heterocycles. The molecule has 0 saturated carbocycles. The highest BCUT2D eigenvalue weighted by atomic mass is 35.5. The van der Waals surface area contributed by atoms with Gasteiger partial charge < -0.3 is 15.6 Å². The molecule has 3 N–H and O–H groups in total. The summed E-state index contributed by atoms with van der Waals surface area (Å²) in [5.74, 6) is 1.23. The number of rotatable bonds is 7. The molecule has 0 bridgehead atoms. The van der Waals surface area contributed by atoms with Crippen molar-refractivity contribution in [3.63, 3.8) is 0 Å². The number of halogens is 2. The maximum absolute atomic E-state index is 12.4. The molecule has 2 aromatic carbocycles. The summed E-state index contributed by atoms with van der Waals surface area (Å²) in [6, 6.07) is 17.1. The van der Waals surface area contributed by atoms with Crippen LogP contribution in [0.15, 0.2) is 67.0 Å². The first-order valence-corrected chi connectivity index (χ1v) is 9.23. The Kier molecular flexibility index (Phi) is 9.89. The number of hydrogen-bond acceptors (Lipinski definition) is 3. The maximum atomic E-state index is 12.4. The third kappa shape index (κ3) is 6.89. The largest absolute Gasteiger partial charge is 0.330 e. The topological polar surface area (TPSA) is 72.9 Å². The molecule has 1 aromatic heterocycles. The lowest BCUT2D eigenvalue weighted by molar-refractivity contribution is -0.117. The Labute approximate surface area is 184 Å². The van der Waals surface area contributed by atoms with Crippen molar-refractivity contribution in [2.75, 3.05) is 5.32 Å². The van der Waals surface area contributed by atoms with Crippen LogP contribution in [0.1, 0.15) is 36.7 Å². The summed E-state index contributed by atoms with van der Waals surface area (Å²) in [6.07, 6.45) is 4.32. The summed E-state index contributed by atoms with van der Waals surface area (Å²) >= 11 is 0. The van der Waals surface area contributed by atoms with Crippen LogP contribution in [0, 0.1) is 0 Å². The van der Waals surface area contributed by atoms with Gasteiger partial charge in [0.25, 0.3) is 0 Å². The molecule has 7 heteroatoms. The molecule has 0 aliphatic heterocycles. The molecule has 0 aliphatic carbocycles. The lowest BCUT2D eigenvalue weighted by Gasteiger charge is -2.14. The van der Waals surface area contributed by atoms with E-state index in [4.69, 9.17) is 5.73 Å². The van der Waals surface area contributed by atoms with Gasteiger partial charge in [0.15, 0.2) is 0 Å². The van der Waals surface area contributed by atoms with Gasteiger partial charge in [-0.3, -0.25) is 4.79 Å². The van der Waals surface area contributed by atoms with Crippen molar-refractivity contribution >= 4 is 36.4 Å². The zero-order valence-corrected chi connectivity index (χ0v) is 18.2. The summed E-state index contributed by atoms with van der Waals surface area (Å²) in [5, 5.41) is 2.93. The van der Waals surface area contributed by atoms with Gasteiger partial charge in [-0.1, -0.05) is 56.3 Å². The second kappa shape index (κ2) is 11.6. The zero-order valence-electron chi connectivity index (χ0n) is 16.6. The van der Waals surface area contributed by atoms with Crippen molar-refractivity contribution < 1.29 is 4.79 Å². The monoisotopic (exact) mass is 434 g/mol. The highest BCUT2D eigenvalue weighted by molar-refractivity contribution is 5.94. The van der Waals surface area contributed by atoms with Gasteiger partial charge in [0, 0.05) is 30.5 Å². The molecule has 1 unspecified atom stereocenters. The van der Waals surface area contributed by atoms with Crippen LogP contribution in [0.5, 0.6) is 0 Å². The minimum absolute atomic E-state index is 0. The van der Waals surface area contributed by atoms with Crippen molar-refractivity contribution in [1.82, 2.24) is 9.55 Å². The molecule has 29 heavy (non-hydrogen) atoms. The van der Waals surface area contributed by atoms with Gasteiger partial charge in [-0.05, 0) is 29.7 Å². The molecule has 1 amide bonds. The number of nitrogens with zero attached hydrogens (tertiary/aromatic N) is 2. The van der Waals surface area contributed by atoms with Gasteiger partial charge in [-0.2, -0.15) is 0 Å². The second-order valence-corrected chi connectivity index (χ2v) is 7.05. The number of carbonyl (C=O) groups is 1. The van der Waals surface area contributed by atoms with Gasteiger partial charge in [0.1, 0.15) is 5.82 Å². The number of imidazole rings is 1. The standard InChI is InChI=1S/C22H26N4O.2ClH/c1-16(2)21-24-11-12-26(21)15-18-9-6-10-19(13-18)25-22(27)20(23)14-17-7-4-3-5-8-17;;/h3-13,16,20H,14-15,23H2,1-2H3,(H,25,27);2*1H. The van der Waals surface area contributed by atoms with E-state index in [0.717, 1.165) is 22.6 Å². The van der Waals surface area contributed by atoms with E-state index in [9.17, 15) is 4.79 Å². The Morgan fingerprint density at radius 1 is 1.07 bits per heavy atom. The number of amides is 1. The smallest absolute Gasteiger partial charge is 0.241 e. The molecule has 0 saturated heterocycles. The zero-order chi connectivity index (χ0) is 19.2. The Balaban J connectivity index is 0.00000210. The lowest BCUT2D eigenvalue weighted by atomic mass is 10.1. The Morgan fingerprint density at radius 2 is 1.76 bits per heavy atom. The molecule has 0 aliphatic rings. The van der Waals surface area contributed by atoms with Gasteiger partial charge in [0.2, 0.25) is 5.91 Å². The van der Waals surface area contributed by atoms with E-state index in [-0.39, 0.29) is 30.7 Å². The SMILES string of the molecule is CC(C)c1nccn1Cc1cccc(NC(=O)C(N)Cc2ccccc2)c1.Cl.Cl. The molecular weight excluding hydrogens is 407 g/mol. The van der Waals surface area contributed by atoms with Crippen molar-refractivity contribution in [3.05, 3.63) is 83.9 Å². The van der Waals surface area contributed by atoms with E-state index in [0.29, 0.717) is 18.9 Å². The van der Waals surface area contributed by atoms with Crippen molar-refractivity contribution in [2.45, 2.75) is 38.8 Å². The maximum Gasteiger partial charge on any atom is 0.241 e. The van der Waals surface area contributed by atoms with Crippen LogP contribution >= 0.6 is 24.8 Å². The van der Waals surface area contributed by atoms with Crippen LogP contribution in [0.4, 0.5) is 5.69 Å². The van der Waals surface area contributed by atoms with E-state index in [2.05, 4.69) is 28.7 Å². The normalized spacial score (nSPS) is 11.3. The van der Waals surface area contributed by atoms with Gasteiger partial charge in [0.05, 0.1) is 6.04 Å². The first-order chi connectivity index (χ1) is 13.0. The Bertz CT molecular complexity index is 897. The quantitative estimate of drug-likeness (QED) is 0.578. The fourth-order valence-corrected chi connectivity index (χ4v) is 3.09. The third-order valence-corrected chi connectivity index (χ3v) is 4.45. The van der Waals surface area contributed by atoms with Crippen LogP contribution in [0.2, 0.25) is 0 Å². The van der Waals surface area contributed by atoms with Gasteiger partial charge in [-0.15, -0.1) is 24.8 Å². The summed E-state index contributed by atoms with van der Waals surface area (Å²) < 4.78 is 2.13. The number of nitrogens with one attached hydrogen (secondary N) is 1. The van der Waals surface area contributed by atoms with Crippen LogP contribution in [-0.4, -0.2) is 21.5 Å². The van der Waals surface area contributed by atoms with E-state index >= 15 is 0 Å². The summed E-state index contributed by atoms with van der Waals surface area (Å²) in [5.41, 5.74) is 8.98. The Morgan fingerprint density at radius 3 is 2.45 bits per heavy atom. The molecular formula is C22H28Cl2N4O. The van der Waals surface area contributed by atoms with E-state index in [1.54, 1.807) is 0 Å². The van der Waals surface area contributed by atoms with Gasteiger partial charge in [-0.25, -0.2) is 4.98 Å². The fourth-order valence-electron chi connectivity index (χ4n) is 3.09. The minimum atomic E-state index is -0.586. The molecule has 3 rings (SSSR count). The number of aromatic nitrogens is 2. The van der Waals surface area contributed by atoms with Crippen molar-refractivity contribution in [1.29, 1.82) is 0 Å². The van der Waals surface area contributed by atoms with Crippen LogP contribution in [-0.2, 0) is 17.8 Å². The molecule has 0 spiro atoms. The van der Waals surface area contributed by atoms with Crippen molar-refractivity contribution in [2.24, 2.45) is 5.73 Å². The third-order valence-electron chi connectivity index (χ3n) is 4.45. The van der Waals surface area contributed by atoms with E-state index in [1.165, 1.54) is 0 Å². The first kappa shape index (κ1) is 24.7. The molecule has 0 fully saturated rings. The second-order valence-electron chi connectivity index (χ2n) is 7.05. The van der Waals surface area contributed by atoms with Crippen molar-refractivity contribution in [3.8, 4) is 0 Å². The average molecular weight is 435 g/mol. The highest BCUT2D eigenvalue weighted by Gasteiger charge is 2.14. The number of benzene rings is 2. The van der Waals surface area contributed by atoms with E-state index in [1.807, 2.05) is 67.0 Å². The average Bonchev–Trinajstić information content (AvgIpc) is 3.11. The minimum Gasteiger partial charge on any atom is -0.330 e. The predicted molar refractivity (Wildman–Crippen MR) is 123 cm³/mol. The predicted octanol–water partition coefficient (Wildman–Crippen LogP) is 4.41. The highest BCUT2D eigenvalue weighted by Crippen LogP contribution is 2.17. The summed E-state index contributed by atoms with van der Waals surface area (Å²) in [6.45, 7) is 4.97. The molecule has 5 nitrogen and oxygen atoms in total. The van der Waals surface area contributed by atoms with E-state index < -0.39 is 6.04 Å². The Hall–Kier alpha value is -2.34. The molecule has 1 atom stereocenters.